The molecule has 3 aromatic heterocycles. The number of morpholine rings is 1. The Balaban J connectivity index is 0.000000207. The smallest absolute Gasteiger partial charge is 0.228 e. The SMILES string of the molecule is C1CC1.Cc1nc2nc(N3CCOCC3)nc(-c3ccc(F)cc3F)c2nc1C.c1cnn(C2CC2)c1. The molecule has 3 aliphatic rings. The van der Waals surface area contributed by atoms with Gasteiger partial charge >= 0.3 is 0 Å². The Morgan fingerprint density at radius 2 is 1.65 bits per heavy atom. The van der Waals surface area contributed by atoms with Crippen LogP contribution in [0, 0.1) is 25.5 Å². The number of halogens is 2. The van der Waals surface area contributed by atoms with E-state index in [-0.39, 0.29) is 5.56 Å². The van der Waals surface area contributed by atoms with E-state index in [1.807, 2.05) is 41.9 Å². The standard InChI is InChI=1S/C18H17F2N5O.C6H8N2.C3H6/c1-10-11(2)22-17-16(21-10)15(13-4-3-12(19)9-14(13)20)23-18(24-17)25-5-7-26-8-6-25;1-4-7-8(5-1)6-2-3-6;1-2-3-1/h3-4,9H,5-8H2,1-2H3;1,4-6H,2-3H2;1-3H2. The molecule has 0 bridgehead atoms. The number of nitrogens with zero attached hydrogens (tertiary/aromatic N) is 7. The lowest BCUT2D eigenvalue weighted by Gasteiger charge is -2.27. The Bertz CT molecular complexity index is 1350. The van der Waals surface area contributed by atoms with Crippen LogP contribution < -0.4 is 4.90 Å². The molecule has 4 aromatic rings. The van der Waals surface area contributed by atoms with Gasteiger partial charge in [-0.25, -0.2) is 23.7 Å². The number of aromatic nitrogens is 6. The van der Waals surface area contributed by atoms with Crippen LogP contribution in [0.2, 0.25) is 0 Å². The normalized spacial score (nSPS) is 16.5. The van der Waals surface area contributed by atoms with Gasteiger partial charge in [0.1, 0.15) is 22.8 Å². The fourth-order valence-electron chi connectivity index (χ4n) is 3.71. The van der Waals surface area contributed by atoms with Gasteiger partial charge in [-0.2, -0.15) is 10.1 Å². The fourth-order valence-corrected chi connectivity index (χ4v) is 3.71. The Labute approximate surface area is 214 Å². The molecule has 1 aliphatic heterocycles. The summed E-state index contributed by atoms with van der Waals surface area (Å²) < 4.78 is 35.2. The Kier molecular flexibility index (Phi) is 7.64. The predicted octanol–water partition coefficient (Wildman–Crippen LogP) is 5.21. The van der Waals surface area contributed by atoms with E-state index in [2.05, 4.69) is 25.0 Å². The van der Waals surface area contributed by atoms with Crippen LogP contribution in [0.5, 0.6) is 0 Å². The van der Waals surface area contributed by atoms with Crippen molar-refractivity contribution in [3.63, 3.8) is 0 Å². The zero-order chi connectivity index (χ0) is 25.8. The third-order valence-corrected chi connectivity index (χ3v) is 6.21. The summed E-state index contributed by atoms with van der Waals surface area (Å²) in [5.41, 5.74) is 2.73. The van der Waals surface area contributed by atoms with Crippen LogP contribution in [0.25, 0.3) is 22.4 Å². The highest BCUT2D eigenvalue weighted by atomic mass is 19.1. The molecule has 2 aliphatic carbocycles. The maximum atomic E-state index is 14.4. The van der Waals surface area contributed by atoms with Crippen molar-refractivity contribution in [2.24, 2.45) is 0 Å². The van der Waals surface area contributed by atoms with Crippen LogP contribution in [0.4, 0.5) is 14.7 Å². The van der Waals surface area contributed by atoms with Crippen molar-refractivity contribution in [1.82, 2.24) is 29.7 Å². The van der Waals surface area contributed by atoms with Crippen LogP contribution in [-0.4, -0.2) is 56.0 Å². The molecule has 1 saturated heterocycles. The number of fused-ring (bicyclic) bond motifs is 1. The molecule has 0 unspecified atom stereocenters. The van der Waals surface area contributed by atoms with E-state index >= 15 is 0 Å². The Hall–Kier alpha value is -3.53. The molecule has 10 heteroatoms. The highest BCUT2D eigenvalue weighted by Crippen LogP contribution is 2.33. The van der Waals surface area contributed by atoms with Gasteiger partial charge in [-0.3, -0.25) is 4.68 Å². The third kappa shape index (κ3) is 6.43. The minimum Gasteiger partial charge on any atom is -0.378 e. The van der Waals surface area contributed by atoms with E-state index in [0.717, 1.165) is 17.8 Å². The molecule has 0 N–H and O–H groups in total. The van der Waals surface area contributed by atoms with Crippen molar-refractivity contribution in [3.8, 4) is 11.3 Å². The highest BCUT2D eigenvalue weighted by molar-refractivity contribution is 5.88. The van der Waals surface area contributed by atoms with Gasteiger partial charge in [-0.15, -0.1) is 0 Å². The van der Waals surface area contributed by atoms with Gasteiger partial charge in [0.2, 0.25) is 5.95 Å². The van der Waals surface area contributed by atoms with E-state index in [1.165, 1.54) is 44.2 Å². The Morgan fingerprint density at radius 3 is 2.27 bits per heavy atom. The molecular weight excluding hydrogens is 476 g/mol. The molecule has 0 radical (unpaired) electrons. The van der Waals surface area contributed by atoms with Gasteiger partial charge in [0.05, 0.1) is 30.6 Å². The molecular formula is C27H31F2N7O. The van der Waals surface area contributed by atoms with Crippen LogP contribution in [0.1, 0.15) is 49.5 Å². The van der Waals surface area contributed by atoms with Gasteiger partial charge in [-0.05, 0) is 44.9 Å². The molecule has 4 heterocycles. The first-order chi connectivity index (χ1) is 18.0. The fraction of sp³-hybridized carbons (Fsp3) is 0.444. The summed E-state index contributed by atoms with van der Waals surface area (Å²) in [5.74, 6) is -0.897. The van der Waals surface area contributed by atoms with Crippen LogP contribution in [0.15, 0.2) is 36.7 Å². The van der Waals surface area contributed by atoms with E-state index in [9.17, 15) is 8.78 Å². The number of hydrogen-bond acceptors (Lipinski definition) is 7. The van der Waals surface area contributed by atoms with E-state index in [4.69, 9.17) is 4.74 Å². The summed E-state index contributed by atoms with van der Waals surface area (Å²) >= 11 is 0. The molecule has 2 saturated carbocycles. The molecule has 0 amide bonds. The predicted molar refractivity (Wildman–Crippen MR) is 137 cm³/mol. The van der Waals surface area contributed by atoms with Crippen LogP contribution in [0.3, 0.4) is 0 Å². The van der Waals surface area contributed by atoms with Crippen molar-refractivity contribution in [3.05, 3.63) is 59.7 Å². The average Bonchev–Trinajstić information content (AvgIpc) is 3.85. The summed E-state index contributed by atoms with van der Waals surface area (Å²) in [4.78, 5) is 20.0. The lowest BCUT2D eigenvalue weighted by molar-refractivity contribution is 0.122. The first-order valence-corrected chi connectivity index (χ1v) is 12.8. The zero-order valence-electron chi connectivity index (χ0n) is 21.2. The number of aryl methyl sites for hydroxylation is 2. The van der Waals surface area contributed by atoms with Gasteiger partial charge in [0.25, 0.3) is 0 Å². The maximum Gasteiger partial charge on any atom is 0.228 e. The van der Waals surface area contributed by atoms with Crippen molar-refractivity contribution < 1.29 is 13.5 Å². The van der Waals surface area contributed by atoms with Crippen LogP contribution in [-0.2, 0) is 4.74 Å². The molecule has 194 valence electrons. The summed E-state index contributed by atoms with van der Waals surface area (Å²) in [6.45, 7) is 6.07. The molecule has 1 aromatic carbocycles. The lowest BCUT2D eigenvalue weighted by atomic mass is 10.1. The molecule has 3 fully saturated rings. The molecule has 8 nitrogen and oxygen atoms in total. The van der Waals surface area contributed by atoms with E-state index in [1.54, 1.807) is 0 Å². The van der Waals surface area contributed by atoms with Crippen molar-refractivity contribution in [2.75, 3.05) is 31.2 Å². The van der Waals surface area contributed by atoms with E-state index < -0.39 is 11.6 Å². The molecule has 7 rings (SSSR count). The van der Waals surface area contributed by atoms with Gasteiger partial charge < -0.3 is 9.64 Å². The minimum atomic E-state index is -0.696. The van der Waals surface area contributed by atoms with E-state index in [0.29, 0.717) is 54.8 Å². The maximum absolute atomic E-state index is 14.4. The summed E-state index contributed by atoms with van der Waals surface area (Å²) in [5, 5.41) is 4.09. The first kappa shape index (κ1) is 25.1. The van der Waals surface area contributed by atoms with Crippen molar-refractivity contribution in [2.45, 2.75) is 52.0 Å². The average molecular weight is 508 g/mol. The summed E-state index contributed by atoms with van der Waals surface area (Å²) in [6.07, 6.45) is 11.0. The van der Waals surface area contributed by atoms with Crippen molar-refractivity contribution >= 4 is 17.1 Å². The summed E-state index contributed by atoms with van der Waals surface area (Å²) in [7, 11) is 0. The minimum absolute atomic E-state index is 0.172. The van der Waals surface area contributed by atoms with Gasteiger partial charge in [-0.1, -0.05) is 19.3 Å². The molecule has 0 spiro atoms. The number of anilines is 1. The second kappa shape index (κ2) is 11.2. The second-order valence-corrected chi connectivity index (χ2v) is 9.44. The first-order valence-electron chi connectivity index (χ1n) is 12.8. The zero-order valence-corrected chi connectivity index (χ0v) is 21.2. The number of ether oxygens (including phenoxy) is 1. The monoisotopic (exact) mass is 507 g/mol. The number of benzene rings is 1. The Morgan fingerprint density at radius 1 is 0.919 bits per heavy atom. The van der Waals surface area contributed by atoms with Crippen LogP contribution >= 0.6 is 0 Å². The number of hydrogen-bond donors (Lipinski definition) is 0. The lowest BCUT2D eigenvalue weighted by Crippen LogP contribution is -2.37. The molecule has 0 atom stereocenters. The topological polar surface area (TPSA) is 81.8 Å². The number of rotatable bonds is 3. The van der Waals surface area contributed by atoms with Gasteiger partial charge in [0.15, 0.2) is 5.65 Å². The quantitative estimate of drug-likeness (QED) is 0.377. The summed E-state index contributed by atoms with van der Waals surface area (Å²) in [6, 6.07) is 6.12. The third-order valence-electron chi connectivity index (χ3n) is 6.21. The second-order valence-electron chi connectivity index (χ2n) is 9.44. The largest absolute Gasteiger partial charge is 0.378 e. The molecule has 37 heavy (non-hydrogen) atoms. The highest BCUT2D eigenvalue weighted by Gasteiger charge is 2.23. The van der Waals surface area contributed by atoms with Gasteiger partial charge in [0, 0.05) is 37.1 Å². The van der Waals surface area contributed by atoms with Crippen molar-refractivity contribution in [1.29, 1.82) is 0 Å².